The van der Waals surface area contributed by atoms with Gasteiger partial charge in [0.2, 0.25) is 0 Å². The highest BCUT2D eigenvalue weighted by atomic mass is 32.1. The predicted molar refractivity (Wildman–Crippen MR) is 100 cm³/mol. The molecule has 1 N–H and O–H groups in total. The molecular formula is C19H23N3O3S. The van der Waals surface area contributed by atoms with Crippen LogP contribution in [0.3, 0.4) is 0 Å². The van der Waals surface area contributed by atoms with Crippen molar-refractivity contribution in [3.8, 4) is 0 Å². The molecule has 1 saturated carbocycles. The fourth-order valence-corrected chi connectivity index (χ4v) is 4.67. The molecule has 4 rings (SSSR count). The summed E-state index contributed by atoms with van der Waals surface area (Å²) in [5.74, 6) is 1.40. The fraction of sp³-hybridized carbons (Fsp3) is 0.526. The fourth-order valence-electron chi connectivity index (χ4n) is 3.72. The number of pyridine rings is 1. The number of nitrogens with zero attached hydrogens (tertiary/aromatic N) is 2. The topological polar surface area (TPSA) is 71.5 Å². The minimum atomic E-state index is -0.461. The molecule has 0 aromatic carbocycles. The van der Waals surface area contributed by atoms with Crippen LogP contribution in [0.25, 0.3) is 10.1 Å². The van der Waals surface area contributed by atoms with E-state index in [-0.39, 0.29) is 12.0 Å². The van der Waals surface area contributed by atoms with Crippen LogP contribution in [0.2, 0.25) is 0 Å². The third-order valence-electron chi connectivity index (χ3n) is 5.07. The molecule has 1 saturated heterocycles. The van der Waals surface area contributed by atoms with Gasteiger partial charge in [-0.1, -0.05) is 0 Å². The minimum Gasteiger partial charge on any atom is -0.444 e. The van der Waals surface area contributed by atoms with Crippen molar-refractivity contribution in [3.05, 3.63) is 29.4 Å². The van der Waals surface area contributed by atoms with Crippen molar-refractivity contribution in [3.63, 3.8) is 0 Å². The highest BCUT2D eigenvalue weighted by Crippen LogP contribution is 2.51. The number of carbonyl (C=O) groups is 2. The highest BCUT2D eigenvalue weighted by molar-refractivity contribution is 7.20. The van der Waals surface area contributed by atoms with Gasteiger partial charge in [0.15, 0.2) is 0 Å². The van der Waals surface area contributed by atoms with E-state index in [4.69, 9.17) is 4.74 Å². The molecule has 7 heteroatoms. The van der Waals surface area contributed by atoms with Gasteiger partial charge in [-0.25, -0.2) is 4.79 Å². The zero-order valence-electron chi connectivity index (χ0n) is 15.2. The lowest BCUT2D eigenvalue weighted by Gasteiger charge is -2.25. The summed E-state index contributed by atoms with van der Waals surface area (Å²) in [4.78, 5) is 31.1. The first-order valence-corrected chi connectivity index (χ1v) is 9.73. The normalized spacial score (nSPS) is 24.4. The summed E-state index contributed by atoms with van der Waals surface area (Å²) in [6.45, 7) is 7.77. The number of ether oxygens (including phenoxy) is 1. The first-order valence-electron chi connectivity index (χ1n) is 8.91. The van der Waals surface area contributed by atoms with Crippen molar-refractivity contribution in [2.75, 3.05) is 19.6 Å². The van der Waals surface area contributed by atoms with E-state index >= 15 is 0 Å². The monoisotopic (exact) mass is 373 g/mol. The molecule has 1 aliphatic heterocycles. The van der Waals surface area contributed by atoms with E-state index < -0.39 is 5.60 Å². The zero-order chi connectivity index (χ0) is 18.5. The molecule has 1 unspecified atom stereocenters. The Kier molecular flexibility index (Phi) is 4.14. The van der Waals surface area contributed by atoms with E-state index in [1.807, 2.05) is 32.9 Å². The van der Waals surface area contributed by atoms with Crippen molar-refractivity contribution >= 4 is 33.4 Å². The first-order chi connectivity index (χ1) is 12.3. The first kappa shape index (κ1) is 17.3. The second-order valence-corrected chi connectivity index (χ2v) is 9.19. The summed E-state index contributed by atoms with van der Waals surface area (Å²) in [6.07, 6.45) is 3.29. The van der Waals surface area contributed by atoms with Gasteiger partial charge in [0, 0.05) is 32.0 Å². The van der Waals surface area contributed by atoms with Gasteiger partial charge < -0.3 is 15.0 Å². The van der Waals surface area contributed by atoms with Crippen molar-refractivity contribution in [1.29, 1.82) is 0 Å². The van der Waals surface area contributed by atoms with Crippen LogP contribution in [-0.2, 0) is 4.74 Å². The van der Waals surface area contributed by atoms with Crippen LogP contribution in [0.1, 0.15) is 30.4 Å². The molecule has 3 atom stereocenters. The number of carbonyl (C=O) groups excluding carboxylic acids is 2. The largest absolute Gasteiger partial charge is 0.444 e. The van der Waals surface area contributed by atoms with Crippen LogP contribution < -0.4 is 5.32 Å². The molecule has 2 fully saturated rings. The number of fused-ring (bicyclic) bond motifs is 2. The summed E-state index contributed by atoms with van der Waals surface area (Å²) in [5.41, 5.74) is -0.461. The number of piperidine rings is 1. The van der Waals surface area contributed by atoms with Crippen molar-refractivity contribution in [2.45, 2.75) is 26.4 Å². The Bertz CT molecular complexity index is 812. The minimum absolute atomic E-state index is 0.0276. The SMILES string of the molecule is CC(C)(C)OC(=O)N1C[C@@H]2C(CNC(=O)c3cc4ccncc4s3)[C@@H]2C1. The van der Waals surface area contributed by atoms with Crippen LogP contribution in [0, 0.1) is 17.8 Å². The lowest BCUT2D eigenvalue weighted by atomic mass is 10.2. The van der Waals surface area contributed by atoms with E-state index in [2.05, 4.69) is 10.3 Å². The number of aromatic nitrogens is 1. The average Bonchev–Trinajstić information content (AvgIpc) is 2.94. The van der Waals surface area contributed by atoms with Gasteiger partial charge in [-0.3, -0.25) is 9.78 Å². The lowest BCUT2D eigenvalue weighted by molar-refractivity contribution is 0.0265. The Labute approximate surface area is 156 Å². The number of hydrogen-bond acceptors (Lipinski definition) is 5. The van der Waals surface area contributed by atoms with Gasteiger partial charge in [0.1, 0.15) is 5.60 Å². The van der Waals surface area contributed by atoms with Gasteiger partial charge >= 0.3 is 6.09 Å². The van der Waals surface area contributed by atoms with Crippen molar-refractivity contribution in [1.82, 2.24) is 15.2 Å². The molecule has 0 bridgehead atoms. The Morgan fingerprint density at radius 1 is 1.35 bits per heavy atom. The number of thiophene rings is 1. The van der Waals surface area contributed by atoms with Gasteiger partial charge in [-0.2, -0.15) is 0 Å². The van der Waals surface area contributed by atoms with Crippen LogP contribution >= 0.6 is 11.3 Å². The summed E-state index contributed by atoms with van der Waals surface area (Å²) in [7, 11) is 0. The third-order valence-corrected chi connectivity index (χ3v) is 6.15. The molecule has 138 valence electrons. The highest BCUT2D eigenvalue weighted by Gasteiger charge is 2.56. The maximum Gasteiger partial charge on any atom is 0.410 e. The van der Waals surface area contributed by atoms with E-state index in [9.17, 15) is 9.59 Å². The molecule has 2 aliphatic rings. The molecule has 2 aromatic heterocycles. The van der Waals surface area contributed by atoms with Crippen LogP contribution in [0.5, 0.6) is 0 Å². The van der Waals surface area contributed by atoms with Gasteiger partial charge in [-0.05, 0) is 56.0 Å². The van der Waals surface area contributed by atoms with E-state index in [0.717, 1.165) is 23.2 Å². The van der Waals surface area contributed by atoms with Crippen molar-refractivity contribution in [2.24, 2.45) is 17.8 Å². The van der Waals surface area contributed by atoms with Crippen molar-refractivity contribution < 1.29 is 14.3 Å². The Morgan fingerprint density at radius 2 is 2.08 bits per heavy atom. The molecule has 0 spiro atoms. The van der Waals surface area contributed by atoms with Gasteiger partial charge in [0.25, 0.3) is 5.91 Å². The molecule has 2 aromatic rings. The number of rotatable bonds is 3. The molecule has 0 radical (unpaired) electrons. The number of hydrogen-bond donors (Lipinski definition) is 1. The summed E-state index contributed by atoms with van der Waals surface area (Å²) in [5, 5.41) is 4.10. The molecular weight excluding hydrogens is 350 g/mol. The molecule has 3 heterocycles. The summed E-state index contributed by atoms with van der Waals surface area (Å²) in [6, 6.07) is 3.83. The van der Waals surface area contributed by atoms with Crippen LogP contribution in [0.4, 0.5) is 4.79 Å². The summed E-state index contributed by atoms with van der Waals surface area (Å²) >= 11 is 1.46. The molecule has 2 amide bonds. The average molecular weight is 373 g/mol. The maximum atomic E-state index is 12.4. The third kappa shape index (κ3) is 3.40. The maximum absolute atomic E-state index is 12.4. The second-order valence-electron chi connectivity index (χ2n) is 8.11. The quantitative estimate of drug-likeness (QED) is 0.897. The van der Waals surface area contributed by atoms with E-state index in [1.165, 1.54) is 11.3 Å². The second kappa shape index (κ2) is 6.23. The Morgan fingerprint density at radius 3 is 2.73 bits per heavy atom. The molecule has 6 nitrogen and oxygen atoms in total. The van der Waals surface area contributed by atoms with Gasteiger partial charge in [0.05, 0.1) is 9.58 Å². The van der Waals surface area contributed by atoms with E-state index in [1.54, 1.807) is 17.3 Å². The van der Waals surface area contributed by atoms with E-state index in [0.29, 0.717) is 29.2 Å². The molecule has 26 heavy (non-hydrogen) atoms. The predicted octanol–water partition coefficient (Wildman–Crippen LogP) is 3.14. The number of likely N-dealkylation sites (tertiary alicyclic amines) is 1. The number of amides is 2. The van der Waals surface area contributed by atoms with Crippen LogP contribution in [0.15, 0.2) is 24.5 Å². The molecule has 1 aliphatic carbocycles. The van der Waals surface area contributed by atoms with Gasteiger partial charge in [-0.15, -0.1) is 11.3 Å². The van der Waals surface area contributed by atoms with Crippen LogP contribution in [-0.4, -0.2) is 47.1 Å². The zero-order valence-corrected chi connectivity index (χ0v) is 16.0. The summed E-state index contributed by atoms with van der Waals surface area (Å²) < 4.78 is 6.45. The standard InChI is InChI=1S/C19H23N3O3S/c1-19(2,3)25-18(24)22-9-13-12(14(13)10-22)7-21-17(23)15-6-11-4-5-20-8-16(11)26-15/h4-6,8,12-14H,7,9-10H2,1-3H3,(H,21,23)/t12?,13-,14+. The number of nitrogens with one attached hydrogen (secondary N) is 1. The lowest BCUT2D eigenvalue weighted by Crippen LogP contribution is -2.38. The smallest absolute Gasteiger partial charge is 0.410 e. The Balaban J connectivity index is 1.26. The Hall–Kier alpha value is -2.15.